The number of aromatic amines is 1. The number of carbonyl (C=O) groups excluding carboxylic acids is 2. The predicted octanol–water partition coefficient (Wildman–Crippen LogP) is 0.548. The van der Waals surface area contributed by atoms with Crippen LogP contribution in [-0.2, 0) is 0 Å². The molecule has 0 spiro atoms. The van der Waals surface area contributed by atoms with Crippen LogP contribution in [0.25, 0.3) is 0 Å². The quantitative estimate of drug-likeness (QED) is 0.405. The molecule has 0 amide bonds. The molecular weight excluding hydrogens is 164 g/mol. The molecule has 0 aromatic carbocycles. The lowest BCUT2D eigenvalue weighted by atomic mass is 10.4. The minimum atomic E-state index is -0.729. The van der Waals surface area contributed by atoms with Gasteiger partial charge in [-0.1, -0.05) is 0 Å². The summed E-state index contributed by atoms with van der Waals surface area (Å²) < 4.78 is 0. The van der Waals surface area contributed by atoms with Crippen LogP contribution in [0.4, 0.5) is 5.69 Å². The zero-order valence-corrected chi connectivity index (χ0v) is 5.81. The largest absolute Gasteiger partial charge is 0.344 e. The third-order valence-electron chi connectivity index (χ3n) is 1.29. The number of nitrogens with one attached hydrogen (secondary N) is 1. The standard InChI is InChI=1S/C6H4N2O4/c9-2-4-1-6(8(11)12)5(3-10)7-4/h1-3,7H. The fourth-order valence-electron chi connectivity index (χ4n) is 0.785. The molecule has 0 aliphatic rings. The van der Waals surface area contributed by atoms with E-state index in [-0.39, 0.29) is 17.1 Å². The van der Waals surface area contributed by atoms with Gasteiger partial charge in [-0.3, -0.25) is 19.7 Å². The average Bonchev–Trinajstić information content (AvgIpc) is 2.47. The molecular formula is C6H4N2O4. The van der Waals surface area contributed by atoms with Gasteiger partial charge in [0.25, 0.3) is 5.69 Å². The summed E-state index contributed by atoms with van der Waals surface area (Å²) in [5.74, 6) is 0. The number of H-pyrrole nitrogens is 1. The van der Waals surface area contributed by atoms with Gasteiger partial charge in [0.2, 0.25) is 0 Å². The van der Waals surface area contributed by atoms with Crippen LogP contribution in [0.3, 0.4) is 0 Å². The van der Waals surface area contributed by atoms with Crippen LogP contribution in [0.15, 0.2) is 6.07 Å². The fourth-order valence-corrected chi connectivity index (χ4v) is 0.785. The van der Waals surface area contributed by atoms with Crippen molar-refractivity contribution in [1.29, 1.82) is 0 Å². The Balaban J connectivity index is 3.25. The molecule has 1 N–H and O–H groups in total. The molecule has 62 valence electrons. The molecule has 1 aromatic rings. The van der Waals surface area contributed by atoms with Crippen molar-refractivity contribution in [3.05, 3.63) is 27.6 Å². The van der Waals surface area contributed by atoms with E-state index < -0.39 is 4.92 Å². The van der Waals surface area contributed by atoms with E-state index in [4.69, 9.17) is 0 Å². The van der Waals surface area contributed by atoms with Gasteiger partial charge in [-0.2, -0.15) is 0 Å². The van der Waals surface area contributed by atoms with Gasteiger partial charge in [0.1, 0.15) is 0 Å². The highest BCUT2D eigenvalue weighted by molar-refractivity contribution is 5.84. The molecule has 0 radical (unpaired) electrons. The normalized spacial score (nSPS) is 9.33. The van der Waals surface area contributed by atoms with Crippen LogP contribution in [0, 0.1) is 10.1 Å². The molecule has 1 rings (SSSR count). The number of carbonyl (C=O) groups is 2. The molecule has 1 heterocycles. The second-order valence-electron chi connectivity index (χ2n) is 2.02. The maximum absolute atomic E-state index is 10.2. The number of hydrogen-bond donors (Lipinski definition) is 1. The van der Waals surface area contributed by atoms with E-state index in [0.29, 0.717) is 12.6 Å². The first-order valence-electron chi connectivity index (χ1n) is 2.96. The minimum absolute atomic E-state index is 0.0174. The second kappa shape index (κ2) is 2.95. The molecule has 1 aromatic heterocycles. The van der Waals surface area contributed by atoms with E-state index in [1.165, 1.54) is 0 Å². The van der Waals surface area contributed by atoms with Crippen LogP contribution in [0.5, 0.6) is 0 Å². The number of nitro groups is 1. The first kappa shape index (κ1) is 8.12. The molecule has 0 fully saturated rings. The molecule has 6 heteroatoms. The summed E-state index contributed by atoms with van der Waals surface area (Å²) in [5.41, 5.74) is -0.557. The van der Waals surface area contributed by atoms with Crippen molar-refractivity contribution in [2.45, 2.75) is 0 Å². The Kier molecular flexibility index (Phi) is 2.00. The van der Waals surface area contributed by atoms with Crippen LogP contribution in [0.2, 0.25) is 0 Å². The molecule has 0 atom stereocenters. The Morgan fingerprint density at radius 2 is 2.08 bits per heavy atom. The summed E-state index contributed by atoms with van der Waals surface area (Å²) in [6.07, 6.45) is 0.700. The first-order chi connectivity index (χ1) is 5.69. The van der Waals surface area contributed by atoms with Crippen LogP contribution in [0.1, 0.15) is 21.0 Å². The second-order valence-corrected chi connectivity index (χ2v) is 2.02. The van der Waals surface area contributed by atoms with Gasteiger partial charge in [0.15, 0.2) is 18.3 Å². The maximum atomic E-state index is 10.2. The molecule has 0 bridgehead atoms. The third kappa shape index (κ3) is 1.22. The van der Waals surface area contributed by atoms with Crippen LogP contribution < -0.4 is 0 Å². The van der Waals surface area contributed by atoms with Gasteiger partial charge in [0.05, 0.1) is 10.6 Å². The molecule has 0 aliphatic carbocycles. The van der Waals surface area contributed by atoms with E-state index in [1.54, 1.807) is 0 Å². The Morgan fingerprint density at radius 1 is 1.42 bits per heavy atom. The van der Waals surface area contributed by atoms with Gasteiger partial charge < -0.3 is 4.98 Å². The van der Waals surface area contributed by atoms with Crippen molar-refractivity contribution < 1.29 is 14.5 Å². The molecule has 6 nitrogen and oxygen atoms in total. The smallest absolute Gasteiger partial charge is 0.298 e. The number of aldehydes is 2. The van der Waals surface area contributed by atoms with Crippen molar-refractivity contribution in [3.8, 4) is 0 Å². The summed E-state index contributed by atoms with van der Waals surface area (Å²) in [7, 11) is 0. The van der Waals surface area contributed by atoms with E-state index in [2.05, 4.69) is 4.98 Å². The Morgan fingerprint density at radius 3 is 2.42 bits per heavy atom. The highest BCUT2D eigenvalue weighted by Crippen LogP contribution is 2.16. The van der Waals surface area contributed by atoms with Crippen LogP contribution >= 0.6 is 0 Å². The van der Waals surface area contributed by atoms with Gasteiger partial charge in [-0.05, 0) is 0 Å². The van der Waals surface area contributed by atoms with E-state index in [1.807, 2.05) is 0 Å². The highest BCUT2D eigenvalue weighted by Gasteiger charge is 2.16. The van der Waals surface area contributed by atoms with E-state index in [0.717, 1.165) is 6.07 Å². The fraction of sp³-hybridized carbons (Fsp3) is 0. The molecule has 0 aliphatic heterocycles. The lowest BCUT2D eigenvalue weighted by molar-refractivity contribution is -0.384. The number of rotatable bonds is 3. The highest BCUT2D eigenvalue weighted by atomic mass is 16.6. The summed E-state index contributed by atoms with van der Waals surface area (Å²) in [4.78, 5) is 32.1. The summed E-state index contributed by atoms with van der Waals surface area (Å²) in [6.45, 7) is 0. The van der Waals surface area contributed by atoms with Crippen molar-refractivity contribution in [1.82, 2.24) is 4.98 Å². The molecule has 12 heavy (non-hydrogen) atoms. The summed E-state index contributed by atoms with van der Waals surface area (Å²) >= 11 is 0. The van der Waals surface area contributed by atoms with Gasteiger partial charge in [0, 0.05) is 6.07 Å². The lowest BCUT2D eigenvalue weighted by Gasteiger charge is -1.83. The van der Waals surface area contributed by atoms with Crippen LogP contribution in [-0.4, -0.2) is 22.5 Å². The topological polar surface area (TPSA) is 93.1 Å². The Hall–Kier alpha value is -1.98. The monoisotopic (exact) mass is 168 g/mol. The Labute approximate surface area is 66.3 Å². The van der Waals surface area contributed by atoms with E-state index >= 15 is 0 Å². The number of nitrogens with zero attached hydrogens (tertiary/aromatic N) is 1. The first-order valence-corrected chi connectivity index (χ1v) is 2.96. The maximum Gasteiger partial charge on any atom is 0.298 e. The van der Waals surface area contributed by atoms with Crippen molar-refractivity contribution >= 4 is 18.3 Å². The van der Waals surface area contributed by atoms with Gasteiger partial charge in [-0.25, -0.2) is 0 Å². The third-order valence-corrected chi connectivity index (χ3v) is 1.29. The number of hydrogen-bond acceptors (Lipinski definition) is 4. The van der Waals surface area contributed by atoms with Crippen molar-refractivity contribution in [3.63, 3.8) is 0 Å². The van der Waals surface area contributed by atoms with Crippen molar-refractivity contribution in [2.75, 3.05) is 0 Å². The number of aromatic nitrogens is 1. The zero-order chi connectivity index (χ0) is 9.14. The predicted molar refractivity (Wildman–Crippen MR) is 38.2 cm³/mol. The molecule has 0 saturated carbocycles. The SMILES string of the molecule is O=Cc1cc([N+](=O)[O-])c(C=O)[nH]1. The van der Waals surface area contributed by atoms with Crippen molar-refractivity contribution in [2.24, 2.45) is 0 Å². The summed E-state index contributed by atoms with van der Waals surface area (Å²) in [6, 6.07) is 1.01. The zero-order valence-electron chi connectivity index (χ0n) is 5.81. The molecule has 0 unspecified atom stereocenters. The molecule has 0 saturated heterocycles. The van der Waals surface area contributed by atoms with Gasteiger partial charge in [-0.15, -0.1) is 0 Å². The Bertz CT molecular complexity index is 341. The lowest BCUT2D eigenvalue weighted by Crippen LogP contribution is -1.90. The minimum Gasteiger partial charge on any atom is -0.344 e. The van der Waals surface area contributed by atoms with Gasteiger partial charge >= 0.3 is 0 Å². The average molecular weight is 168 g/mol. The summed E-state index contributed by atoms with van der Waals surface area (Å²) in [5, 5.41) is 10.2. The van der Waals surface area contributed by atoms with E-state index in [9.17, 15) is 19.7 Å².